The number of fused-ring (bicyclic) bond motifs is 2. The Balaban J connectivity index is 1.34. The molecule has 0 aliphatic heterocycles. The van der Waals surface area contributed by atoms with E-state index in [2.05, 4.69) is 117 Å². The molecule has 0 radical (unpaired) electrons. The molecule has 0 heterocycles. The van der Waals surface area contributed by atoms with Crippen LogP contribution in [0.4, 0.5) is 13.2 Å². The second-order valence-electron chi connectivity index (χ2n) is 19.5. The fourth-order valence-corrected chi connectivity index (χ4v) is 52.3. The van der Waals surface area contributed by atoms with Crippen LogP contribution in [0.1, 0.15) is 151 Å². The molecule has 0 saturated heterocycles. The van der Waals surface area contributed by atoms with Gasteiger partial charge in [0.2, 0.25) is 0 Å². The molecule has 4 aliphatic carbocycles. The van der Waals surface area contributed by atoms with Crippen LogP contribution in [-0.4, -0.2) is 12.1 Å². The van der Waals surface area contributed by atoms with Gasteiger partial charge in [-0.05, 0) is 0 Å². The molecule has 2 fully saturated rings. The molecular formula is C54H66Cl2F3SiZr. The van der Waals surface area contributed by atoms with Gasteiger partial charge in [-0.1, -0.05) is 0 Å². The Bertz CT molecular complexity index is 2070. The molecule has 0 aromatic heterocycles. The molecule has 0 bridgehead atoms. The van der Waals surface area contributed by atoms with Crippen LogP contribution in [0.15, 0.2) is 96.1 Å². The van der Waals surface area contributed by atoms with Gasteiger partial charge < -0.3 is 0 Å². The van der Waals surface area contributed by atoms with Gasteiger partial charge in [-0.25, -0.2) is 0 Å². The Hall–Kier alpha value is -2.17. The molecule has 2 saturated carbocycles. The topological polar surface area (TPSA) is 0 Å². The predicted molar refractivity (Wildman–Crippen MR) is 256 cm³/mol. The Morgan fingerprint density at radius 2 is 1.00 bits per heavy atom. The number of hydrogen-bond acceptors (Lipinski definition) is 0. The zero-order valence-corrected chi connectivity index (χ0v) is 41.9. The molecule has 0 nitrogen and oxygen atoms in total. The van der Waals surface area contributed by atoms with Gasteiger partial charge in [-0.2, -0.15) is 0 Å². The second kappa shape index (κ2) is 19.1. The van der Waals surface area contributed by atoms with Gasteiger partial charge in [0.1, 0.15) is 0 Å². The Kier molecular flexibility index (Phi) is 14.2. The van der Waals surface area contributed by atoms with Crippen molar-refractivity contribution in [3.63, 3.8) is 0 Å². The number of halogens is 5. The van der Waals surface area contributed by atoms with Crippen LogP contribution in [0.2, 0.25) is 12.6 Å². The molecular weight excluding hydrogens is 896 g/mol. The van der Waals surface area contributed by atoms with Crippen molar-refractivity contribution in [1.82, 2.24) is 0 Å². The number of benzene rings is 4. The standard InChI is InChI=1S/2C25H29.C4H8F3Si.2ClH.Zr/c2*1-2-7-19-12-14-22(15-13-19)24-11-6-10-23-17-21(18-25(23)24)16-20-8-4-3-5-9-20;1-8-3-2-4(5,6)7;;;/h2*6,10-15,17-18,20H,2-5,7-9,16H2,1H3;8H,2-3H2,1H3;2*1H;/q;;;;;+2/p-2. The van der Waals surface area contributed by atoms with E-state index >= 15 is 0 Å². The van der Waals surface area contributed by atoms with Crippen molar-refractivity contribution in [2.75, 3.05) is 0 Å². The number of hydrogen-bond donors (Lipinski definition) is 0. The van der Waals surface area contributed by atoms with Gasteiger partial charge in [0, 0.05) is 0 Å². The first-order valence-electron chi connectivity index (χ1n) is 23.9. The van der Waals surface area contributed by atoms with Crippen LogP contribution in [0.5, 0.6) is 0 Å². The van der Waals surface area contributed by atoms with Crippen LogP contribution in [0.25, 0.3) is 34.4 Å². The summed E-state index contributed by atoms with van der Waals surface area (Å²) in [6.07, 6.45) is 18.1. The summed E-state index contributed by atoms with van der Waals surface area (Å²) in [5.74, 6) is -1.47. The molecule has 4 aromatic rings. The van der Waals surface area contributed by atoms with Gasteiger partial charge in [-0.3, -0.25) is 0 Å². The van der Waals surface area contributed by atoms with Crippen molar-refractivity contribution in [3.8, 4) is 22.3 Å². The van der Waals surface area contributed by atoms with E-state index in [1.165, 1.54) is 131 Å². The molecule has 4 aromatic carbocycles. The summed E-state index contributed by atoms with van der Waals surface area (Å²) in [5.41, 5.74) is 14.7. The van der Waals surface area contributed by atoms with E-state index in [1.807, 2.05) is 0 Å². The van der Waals surface area contributed by atoms with Gasteiger partial charge in [0.15, 0.2) is 0 Å². The van der Waals surface area contributed by atoms with Crippen molar-refractivity contribution < 1.29 is 28.7 Å². The van der Waals surface area contributed by atoms with Gasteiger partial charge in [0.05, 0.1) is 0 Å². The molecule has 325 valence electrons. The normalized spacial score (nSPS) is 21.0. The minimum absolute atomic E-state index is 0.0734. The quantitative estimate of drug-likeness (QED) is 0.104. The predicted octanol–water partition coefficient (Wildman–Crippen LogP) is 17.7. The molecule has 0 N–H and O–H groups in total. The van der Waals surface area contributed by atoms with Gasteiger partial charge >= 0.3 is 376 Å². The Morgan fingerprint density at radius 1 is 0.590 bits per heavy atom. The fraction of sp³-hybridized carbons (Fsp3) is 0.481. The molecule has 61 heavy (non-hydrogen) atoms. The van der Waals surface area contributed by atoms with Crippen molar-refractivity contribution in [2.24, 2.45) is 11.8 Å². The first-order valence-corrected chi connectivity index (χ1v) is 39.8. The van der Waals surface area contributed by atoms with Crippen molar-refractivity contribution >= 4 is 35.1 Å². The molecule has 7 heteroatoms. The summed E-state index contributed by atoms with van der Waals surface area (Å²) >= 11 is -5.66. The number of allylic oxidation sites excluding steroid dienone is 2. The third kappa shape index (κ3) is 9.49. The summed E-state index contributed by atoms with van der Waals surface area (Å²) in [6, 6.07) is 31.4. The van der Waals surface area contributed by atoms with Crippen molar-refractivity contribution in [3.05, 3.63) is 129 Å². The SMILES string of the molecule is CCCc1ccc(-c2cccc3c2C=C(CC2CCCCC2)[CH]3[Zr]([Cl])([Cl])([CH]2C(CC3CCCCC3)=Cc3c(-c4ccc(CCC)cc4)cccc32)[SiH](C)CCC(F)(F)F)cc1. The van der Waals surface area contributed by atoms with Crippen molar-refractivity contribution in [1.29, 1.82) is 0 Å². The second-order valence-corrected chi connectivity index (χ2v) is 60.8. The Labute approximate surface area is 373 Å². The summed E-state index contributed by atoms with van der Waals surface area (Å²) in [4.78, 5) is 0. The number of alkyl halides is 3. The Morgan fingerprint density at radius 3 is 1.38 bits per heavy atom. The molecule has 4 aliphatic rings. The third-order valence-electron chi connectivity index (χ3n) is 15.3. The van der Waals surface area contributed by atoms with Crippen LogP contribution in [0, 0.1) is 11.8 Å². The van der Waals surface area contributed by atoms with E-state index in [1.54, 1.807) is 0 Å². The zero-order valence-electron chi connectivity index (χ0n) is 36.7. The van der Waals surface area contributed by atoms with Gasteiger partial charge in [0.25, 0.3) is 0 Å². The third-order valence-corrected chi connectivity index (χ3v) is 65.5. The zero-order chi connectivity index (χ0) is 42.8. The maximum absolute atomic E-state index is 14.5. The first-order chi connectivity index (χ1) is 29.4. The first kappa shape index (κ1) is 45.4. The van der Waals surface area contributed by atoms with E-state index in [-0.39, 0.29) is 13.3 Å². The summed E-state index contributed by atoms with van der Waals surface area (Å²) in [7, 11) is 18.1. The molecule has 3 unspecified atom stereocenters. The van der Waals surface area contributed by atoms with Crippen LogP contribution >= 0.6 is 17.0 Å². The van der Waals surface area contributed by atoms with E-state index in [9.17, 15) is 13.2 Å². The monoisotopic (exact) mass is 959 g/mol. The fourth-order valence-electron chi connectivity index (χ4n) is 12.2. The maximum atomic E-state index is 14.5. The van der Waals surface area contributed by atoms with Crippen LogP contribution in [0.3, 0.4) is 0 Å². The average molecular weight is 962 g/mol. The van der Waals surface area contributed by atoms with Crippen LogP contribution < -0.4 is 0 Å². The summed E-state index contributed by atoms with van der Waals surface area (Å²) in [6.45, 7) is 6.59. The molecule has 8 rings (SSSR count). The summed E-state index contributed by atoms with van der Waals surface area (Å²) < 4.78 is 43.0. The van der Waals surface area contributed by atoms with Gasteiger partial charge in [-0.15, -0.1) is 0 Å². The van der Waals surface area contributed by atoms with Crippen LogP contribution in [-0.2, 0) is 28.4 Å². The molecule has 0 spiro atoms. The van der Waals surface area contributed by atoms with Crippen molar-refractivity contribution in [2.45, 2.75) is 149 Å². The average Bonchev–Trinajstić information content (AvgIpc) is 3.83. The molecule has 3 atom stereocenters. The van der Waals surface area contributed by atoms with E-state index in [0.717, 1.165) is 38.5 Å². The summed E-state index contributed by atoms with van der Waals surface area (Å²) in [5, 5.41) is 0. The minimum atomic E-state index is -5.66. The number of rotatable bonds is 15. The number of aryl methyl sites for hydroxylation is 2. The van der Waals surface area contributed by atoms with E-state index in [0.29, 0.717) is 11.8 Å². The van der Waals surface area contributed by atoms with E-state index < -0.39 is 34.1 Å². The molecule has 0 amide bonds. The van der Waals surface area contributed by atoms with E-state index in [4.69, 9.17) is 17.0 Å².